The second kappa shape index (κ2) is 8.99. The average molecular weight is 363 g/mol. The van der Waals surface area contributed by atoms with Crippen molar-refractivity contribution < 1.29 is 23.7 Å². The van der Waals surface area contributed by atoms with Gasteiger partial charge < -0.3 is 18.9 Å². The number of esters is 1. The molecule has 0 spiro atoms. The Kier molecular flexibility index (Phi) is 6.71. The fourth-order valence-corrected chi connectivity index (χ4v) is 2.42. The summed E-state index contributed by atoms with van der Waals surface area (Å²) in [6.07, 6.45) is 2.94. The minimum absolute atomic E-state index is 0.180. The van der Waals surface area contributed by atoms with Crippen LogP contribution in [0, 0.1) is 0 Å². The molecule has 0 bridgehead atoms. The van der Waals surface area contributed by atoms with E-state index in [1.807, 2.05) is 24.3 Å². The monoisotopic (exact) mass is 362 g/mol. The molecule has 0 radical (unpaired) electrons. The Morgan fingerprint density at radius 2 is 1.76 bits per heavy atom. The van der Waals surface area contributed by atoms with Crippen LogP contribution < -0.4 is 14.2 Å². The second-order valence-corrected chi connectivity index (χ2v) is 5.43. The maximum absolute atomic E-state index is 11.9. The van der Waals surface area contributed by atoms with Crippen LogP contribution >= 0.6 is 11.6 Å². The molecule has 2 aromatic rings. The first-order valence-electron chi connectivity index (χ1n) is 7.46. The number of methoxy groups -OCH3 is 3. The van der Waals surface area contributed by atoms with Crippen LogP contribution in [0.1, 0.15) is 11.1 Å². The summed E-state index contributed by atoms with van der Waals surface area (Å²) in [6.45, 7) is 0.180. The molecule has 0 atom stereocenters. The first-order valence-corrected chi connectivity index (χ1v) is 7.84. The van der Waals surface area contributed by atoms with E-state index < -0.39 is 5.97 Å². The highest BCUT2D eigenvalue weighted by Crippen LogP contribution is 2.36. The van der Waals surface area contributed by atoms with Crippen molar-refractivity contribution in [2.24, 2.45) is 0 Å². The van der Waals surface area contributed by atoms with Gasteiger partial charge in [-0.05, 0) is 41.5 Å². The molecule has 6 heteroatoms. The third-order valence-corrected chi connectivity index (χ3v) is 3.69. The highest BCUT2D eigenvalue weighted by molar-refractivity contribution is 6.32. The Bertz CT molecular complexity index is 753. The zero-order chi connectivity index (χ0) is 18.2. The van der Waals surface area contributed by atoms with Crippen molar-refractivity contribution in [3.63, 3.8) is 0 Å². The van der Waals surface area contributed by atoms with E-state index in [0.29, 0.717) is 22.1 Å². The lowest BCUT2D eigenvalue weighted by Gasteiger charge is -2.10. The fraction of sp³-hybridized carbons (Fsp3) is 0.211. The molecule has 2 rings (SSSR count). The second-order valence-electron chi connectivity index (χ2n) is 5.03. The third-order valence-electron chi connectivity index (χ3n) is 3.41. The van der Waals surface area contributed by atoms with Crippen molar-refractivity contribution in [1.29, 1.82) is 0 Å². The van der Waals surface area contributed by atoms with Crippen molar-refractivity contribution in [2.75, 3.05) is 21.3 Å². The number of halogens is 1. The quantitative estimate of drug-likeness (QED) is 0.547. The molecule has 0 aliphatic heterocycles. The van der Waals surface area contributed by atoms with Crippen LogP contribution in [0.5, 0.6) is 17.2 Å². The van der Waals surface area contributed by atoms with Crippen LogP contribution in [0.4, 0.5) is 0 Å². The van der Waals surface area contributed by atoms with Crippen LogP contribution in [0.25, 0.3) is 6.08 Å². The summed E-state index contributed by atoms with van der Waals surface area (Å²) in [7, 11) is 4.63. The van der Waals surface area contributed by atoms with Gasteiger partial charge in [0.05, 0.1) is 26.4 Å². The van der Waals surface area contributed by atoms with Crippen LogP contribution in [-0.4, -0.2) is 27.3 Å². The highest BCUT2D eigenvalue weighted by atomic mass is 35.5. The molecule has 0 aliphatic rings. The van der Waals surface area contributed by atoms with Crippen molar-refractivity contribution >= 4 is 23.6 Å². The van der Waals surface area contributed by atoms with Gasteiger partial charge in [-0.15, -0.1) is 0 Å². The van der Waals surface area contributed by atoms with Gasteiger partial charge in [-0.25, -0.2) is 4.79 Å². The smallest absolute Gasteiger partial charge is 0.331 e. The lowest BCUT2D eigenvalue weighted by Crippen LogP contribution is -2.00. The summed E-state index contributed by atoms with van der Waals surface area (Å²) in [5.74, 6) is 1.23. The average Bonchev–Trinajstić information content (AvgIpc) is 2.64. The number of hydrogen-bond acceptors (Lipinski definition) is 5. The molecule has 25 heavy (non-hydrogen) atoms. The van der Waals surface area contributed by atoms with Crippen molar-refractivity contribution in [1.82, 2.24) is 0 Å². The van der Waals surface area contributed by atoms with Gasteiger partial charge in [-0.3, -0.25) is 0 Å². The van der Waals surface area contributed by atoms with Gasteiger partial charge in [-0.2, -0.15) is 0 Å². The molecule has 0 saturated carbocycles. The number of hydrogen-bond donors (Lipinski definition) is 0. The van der Waals surface area contributed by atoms with Gasteiger partial charge >= 0.3 is 5.97 Å². The van der Waals surface area contributed by atoms with Gasteiger partial charge in [0.2, 0.25) is 0 Å². The Hall–Kier alpha value is -2.66. The number of carbonyl (C=O) groups excluding carboxylic acids is 1. The lowest BCUT2D eigenvalue weighted by molar-refractivity contribution is -0.138. The summed E-state index contributed by atoms with van der Waals surface area (Å²) in [6, 6.07) is 10.7. The molecule has 0 saturated heterocycles. The first kappa shape index (κ1) is 18.7. The lowest BCUT2D eigenvalue weighted by atomic mass is 10.2. The molecule has 0 unspecified atom stereocenters. The molecular weight excluding hydrogens is 344 g/mol. The van der Waals surface area contributed by atoms with Crippen molar-refractivity contribution in [2.45, 2.75) is 6.61 Å². The summed E-state index contributed by atoms with van der Waals surface area (Å²) in [4.78, 5) is 11.9. The third kappa shape index (κ3) is 5.16. The Morgan fingerprint density at radius 3 is 2.36 bits per heavy atom. The van der Waals surface area contributed by atoms with E-state index >= 15 is 0 Å². The maximum Gasteiger partial charge on any atom is 0.331 e. The van der Waals surface area contributed by atoms with E-state index in [4.69, 9.17) is 30.5 Å². The zero-order valence-corrected chi connectivity index (χ0v) is 15.0. The molecule has 0 N–H and O–H groups in total. The molecule has 0 fully saturated rings. The molecule has 0 heterocycles. The molecule has 132 valence electrons. The van der Waals surface area contributed by atoms with Gasteiger partial charge in [0.1, 0.15) is 12.4 Å². The van der Waals surface area contributed by atoms with Crippen molar-refractivity contribution in [3.8, 4) is 17.2 Å². The van der Waals surface area contributed by atoms with Gasteiger partial charge in [-0.1, -0.05) is 23.7 Å². The topological polar surface area (TPSA) is 54.0 Å². The van der Waals surface area contributed by atoms with Crippen LogP contribution in [0.2, 0.25) is 5.02 Å². The summed E-state index contributed by atoms with van der Waals surface area (Å²) < 4.78 is 20.7. The van der Waals surface area contributed by atoms with E-state index in [-0.39, 0.29) is 6.61 Å². The van der Waals surface area contributed by atoms with E-state index in [9.17, 15) is 4.79 Å². The largest absolute Gasteiger partial charge is 0.497 e. The van der Waals surface area contributed by atoms with Gasteiger partial charge in [0.25, 0.3) is 0 Å². The Labute approximate surface area is 151 Å². The minimum Gasteiger partial charge on any atom is -0.497 e. The van der Waals surface area contributed by atoms with E-state index in [2.05, 4.69) is 0 Å². The minimum atomic E-state index is -0.457. The molecule has 0 amide bonds. The van der Waals surface area contributed by atoms with Gasteiger partial charge in [0, 0.05) is 6.08 Å². The molecule has 5 nitrogen and oxygen atoms in total. The Morgan fingerprint density at radius 1 is 1.04 bits per heavy atom. The first-order chi connectivity index (χ1) is 12.1. The number of carbonyl (C=O) groups is 1. The van der Waals surface area contributed by atoms with E-state index in [1.165, 1.54) is 20.3 Å². The predicted molar refractivity (Wildman–Crippen MR) is 96.4 cm³/mol. The molecular formula is C19H19ClO5. The zero-order valence-electron chi connectivity index (χ0n) is 14.2. The fourth-order valence-electron chi connectivity index (χ4n) is 2.12. The summed E-state index contributed by atoms with van der Waals surface area (Å²) >= 11 is 6.13. The van der Waals surface area contributed by atoms with Crippen molar-refractivity contribution in [3.05, 3.63) is 58.6 Å². The number of ether oxygens (including phenoxy) is 4. The number of rotatable bonds is 7. The van der Waals surface area contributed by atoms with Crippen LogP contribution in [0.3, 0.4) is 0 Å². The van der Waals surface area contributed by atoms with E-state index in [0.717, 1.165) is 11.3 Å². The highest BCUT2D eigenvalue weighted by Gasteiger charge is 2.10. The normalized spacial score (nSPS) is 10.6. The molecule has 0 aromatic heterocycles. The maximum atomic E-state index is 11.9. The summed E-state index contributed by atoms with van der Waals surface area (Å²) in [5, 5.41) is 0.396. The predicted octanol–water partition coefficient (Wildman–Crippen LogP) is 4.12. The van der Waals surface area contributed by atoms with Crippen LogP contribution in [-0.2, 0) is 16.1 Å². The standard InChI is InChI=1S/C19H19ClO5/c1-22-15-7-4-13(5-8-15)12-25-18(21)9-6-14-10-16(20)19(24-3)17(11-14)23-2/h4-11H,12H2,1-3H3/b9-6+. The van der Waals surface area contributed by atoms with Gasteiger partial charge in [0.15, 0.2) is 11.5 Å². The molecule has 2 aromatic carbocycles. The Balaban J connectivity index is 1.98. The van der Waals surface area contributed by atoms with Crippen LogP contribution in [0.15, 0.2) is 42.5 Å². The molecule has 0 aliphatic carbocycles. The summed E-state index contributed by atoms with van der Waals surface area (Å²) in [5.41, 5.74) is 1.57. The SMILES string of the molecule is COc1ccc(COC(=O)/C=C/c2cc(Cl)c(OC)c(OC)c2)cc1. The van der Waals surface area contributed by atoms with E-state index in [1.54, 1.807) is 25.3 Å². The number of benzene rings is 2.